The molecule has 0 saturated carbocycles. The summed E-state index contributed by atoms with van der Waals surface area (Å²) in [5.74, 6) is 0. The molecule has 0 amide bonds. The van der Waals surface area contributed by atoms with Crippen molar-refractivity contribution in [2.75, 3.05) is 0 Å². The molecule has 4 nitrogen and oxygen atoms in total. The summed E-state index contributed by atoms with van der Waals surface area (Å²) in [6.45, 7) is 2.39. The summed E-state index contributed by atoms with van der Waals surface area (Å²) in [7, 11) is 0. The zero-order valence-electron chi connectivity index (χ0n) is 9.78. The molecule has 4 heteroatoms. The topological polar surface area (TPSA) is 60.9 Å². The molecule has 0 spiro atoms. The lowest BCUT2D eigenvalue weighted by atomic mass is 10.1. The molecule has 0 saturated heterocycles. The van der Waals surface area contributed by atoms with E-state index in [0.717, 1.165) is 24.1 Å². The van der Waals surface area contributed by atoms with Crippen LogP contribution in [0.4, 0.5) is 0 Å². The number of fused-ring (bicyclic) bond motifs is 1. The molecule has 16 heavy (non-hydrogen) atoms. The number of aromatic nitrogens is 2. The van der Waals surface area contributed by atoms with Gasteiger partial charge in [0.15, 0.2) is 0 Å². The molecule has 1 aromatic heterocycles. The third-order valence-electron chi connectivity index (χ3n) is 2.98. The summed E-state index contributed by atoms with van der Waals surface area (Å²) >= 11 is 0. The molecule has 1 aliphatic carbocycles. The SMILES string of the molecule is C[C@H](N)Cn1nc2c(cc1=O)CCCCC2. The van der Waals surface area contributed by atoms with Crippen LogP contribution in [0.2, 0.25) is 0 Å². The quantitative estimate of drug-likeness (QED) is 0.753. The van der Waals surface area contributed by atoms with Gasteiger partial charge < -0.3 is 5.73 Å². The van der Waals surface area contributed by atoms with Crippen LogP contribution in [0.3, 0.4) is 0 Å². The van der Waals surface area contributed by atoms with Crippen LogP contribution >= 0.6 is 0 Å². The Labute approximate surface area is 95.5 Å². The van der Waals surface area contributed by atoms with Crippen LogP contribution in [0.15, 0.2) is 10.9 Å². The highest BCUT2D eigenvalue weighted by Gasteiger charge is 2.12. The minimum absolute atomic E-state index is 0.0158. The second kappa shape index (κ2) is 4.78. The first kappa shape index (κ1) is 11.3. The molecule has 0 unspecified atom stereocenters. The maximum atomic E-state index is 11.8. The molecule has 0 radical (unpaired) electrons. The van der Waals surface area contributed by atoms with Gasteiger partial charge in [0.25, 0.3) is 5.56 Å². The Morgan fingerprint density at radius 2 is 2.19 bits per heavy atom. The van der Waals surface area contributed by atoms with Crippen molar-refractivity contribution >= 4 is 0 Å². The lowest BCUT2D eigenvalue weighted by molar-refractivity contribution is 0.503. The van der Waals surface area contributed by atoms with Crippen LogP contribution in [-0.4, -0.2) is 15.8 Å². The van der Waals surface area contributed by atoms with Crippen molar-refractivity contribution in [1.82, 2.24) is 9.78 Å². The first-order valence-corrected chi connectivity index (χ1v) is 6.02. The van der Waals surface area contributed by atoms with Crippen molar-refractivity contribution in [1.29, 1.82) is 0 Å². The summed E-state index contributed by atoms with van der Waals surface area (Å²) in [4.78, 5) is 11.8. The number of nitrogens with two attached hydrogens (primary N) is 1. The van der Waals surface area contributed by atoms with Crippen molar-refractivity contribution in [3.8, 4) is 0 Å². The molecule has 2 N–H and O–H groups in total. The van der Waals surface area contributed by atoms with Crippen LogP contribution in [0, 0.1) is 0 Å². The molecule has 0 aliphatic heterocycles. The van der Waals surface area contributed by atoms with E-state index in [1.807, 2.05) is 6.92 Å². The van der Waals surface area contributed by atoms with Crippen LogP contribution < -0.4 is 11.3 Å². The summed E-state index contributed by atoms with van der Waals surface area (Å²) < 4.78 is 1.51. The molecule has 88 valence electrons. The van der Waals surface area contributed by atoms with Crippen LogP contribution in [0.25, 0.3) is 0 Å². The van der Waals surface area contributed by atoms with Gasteiger partial charge in [-0.05, 0) is 38.2 Å². The fourth-order valence-corrected chi connectivity index (χ4v) is 2.18. The van der Waals surface area contributed by atoms with E-state index < -0.39 is 0 Å². The molecule has 0 bridgehead atoms. The number of hydrogen-bond donors (Lipinski definition) is 1. The lowest BCUT2D eigenvalue weighted by Gasteiger charge is -2.11. The molecule has 1 aromatic rings. The van der Waals surface area contributed by atoms with Crippen LogP contribution in [0.1, 0.15) is 37.4 Å². The maximum absolute atomic E-state index is 11.8. The summed E-state index contributed by atoms with van der Waals surface area (Å²) in [6.07, 6.45) is 5.57. The monoisotopic (exact) mass is 221 g/mol. The van der Waals surface area contributed by atoms with E-state index in [9.17, 15) is 4.79 Å². The largest absolute Gasteiger partial charge is 0.326 e. The van der Waals surface area contributed by atoms with Crippen molar-refractivity contribution in [3.05, 3.63) is 27.7 Å². The van der Waals surface area contributed by atoms with Gasteiger partial charge in [-0.2, -0.15) is 5.10 Å². The summed E-state index contributed by atoms with van der Waals surface area (Å²) in [5.41, 5.74) is 7.92. The highest BCUT2D eigenvalue weighted by atomic mass is 16.1. The van der Waals surface area contributed by atoms with Crippen LogP contribution in [-0.2, 0) is 19.4 Å². The van der Waals surface area contributed by atoms with Gasteiger partial charge in [-0.1, -0.05) is 6.42 Å². The summed E-state index contributed by atoms with van der Waals surface area (Å²) in [6, 6.07) is 1.71. The fourth-order valence-electron chi connectivity index (χ4n) is 2.18. The van der Waals surface area contributed by atoms with Gasteiger partial charge in [0.05, 0.1) is 12.2 Å². The average molecular weight is 221 g/mol. The summed E-state index contributed by atoms with van der Waals surface area (Å²) in [5, 5.41) is 4.44. The highest BCUT2D eigenvalue weighted by Crippen LogP contribution is 2.16. The Kier molecular flexibility index (Phi) is 3.39. The maximum Gasteiger partial charge on any atom is 0.267 e. The van der Waals surface area contributed by atoms with Crippen LogP contribution in [0.5, 0.6) is 0 Å². The average Bonchev–Trinajstić information content (AvgIpc) is 2.42. The Morgan fingerprint density at radius 1 is 1.44 bits per heavy atom. The van der Waals surface area contributed by atoms with E-state index in [4.69, 9.17) is 5.73 Å². The zero-order valence-corrected chi connectivity index (χ0v) is 9.78. The van der Waals surface area contributed by atoms with Crippen molar-refractivity contribution in [2.24, 2.45) is 5.73 Å². The second-order valence-corrected chi connectivity index (χ2v) is 4.67. The van der Waals surface area contributed by atoms with E-state index in [1.165, 1.54) is 23.9 Å². The van der Waals surface area contributed by atoms with E-state index in [-0.39, 0.29) is 11.6 Å². The van der Waals surface area contributed by atoms with E-state index >= 15 is 0 Å². The Balaban J connectivity index is 2.35. The van der Waals surface area contributed by atoms with Gasteiger partial charge in [-0.25, -0.2) is 4.68 Å². The fraction of sp³-hybridized carbons (Fsp3) is 0.667. The third-order valence-corrected chi connectivity index (χ3v) is 2.98. The van der Waals surface area contributed by atoms with Crippen molar-refractivity contribution in [2.45, 2.75) is 51.6 Å². The lowest BCUT2D eigenvalue weighted by Crippen LogP contribution is -2.32. The van der Waals surface area contributed by atoms with Gasteiger partial charge in [0.1, 0.15) is 0 Å². The Hall–Kier alpha value is -1.16. The second-order valence-electron chi connectivity index (χ2n) is 4.67. The number of rotatable bonds is 2. The zero-order chi connectivity index (χ0) is 11.5. The molecule has 1 atom stereocenters. The van der Waals surface area contributed by atoms with Gasteiger partial charge >= 0.3 is 0 Å². The van der Waals surface area contributed by atoms with Gasteiger partial charge in [0.2, 0.25) is 0 Å². The first-order chi connectivity index (χ1) is 7.66. The third kappa shape index (κ3) is 2.50. The Bertz CT molecular complexity index is 423. The first-order valence-electron chi connectivity index (χ1n) is 6.02. The van der Waals surface area contributed by atoms with Gasteiger partial charge in [0, 0.05) is 12.1 Å². The minimum atomic E-state index is -0.0333. The molecule has 0 fully saturated rings. The molecular weight excluding hydrogens is 202 g/mol. The predicted octanol–water partition coefficient (Wildman–Crippen LogP) is 0.859. The van der Waals surface area contributed by atoms with E-state index in [2.05, 4.69) is 5.10 Å². The highest BCUT2D eigenvalue weighted by molar-refractivity contribution is 5.19. The molecule has 1 aliphatic rings. The van der Waals surface area contributed by atoms with E-state index in [0.29, 0.717) is 6.54 Å². The molecular formula is C12H19N3O. The number of aryl methyl sites for hydroxylation is 2. The van der Waals surface area contributed by atoms with Crippen molar-refractivity contribution < 1.29 is 0 Å². The molecule has 2 rings (SSSR count). The molecule has 1 heterocycles. The molecule has 0 aromatic carbocycles. The smallest absolute Gasteiger partial charge is 0.267 e. The standard InChI is InChI=1S/C12H19N3O/c1-9(13)8-15-12(16)7-10-5-3-2-4-6-11(10)14-15/h7,9H,2-6,8,13H2,1H3/t9-/m0/s1. The normalized spacial score (nSPS) is 17.6. The van der Waals surface area contributed by atoms with Gasteiger partial charge in [-0.3, -0.25) is 4.79 Å². The predicted molar refractivity (Wildman–Crippen MR) is 63.4 cm³/mol. The minimum Gasteiger partial charge on any atom is -0.326 e. The van der Waals surface area contributed by atoms with Gasteiger partial charge in [-0.15, -0.1) is 0 Å². The number of hydrogen-bond acceptors (Lipinski definition) is 3. The van der Waals surface area contributed by atoms with Crippen molar-refractivity contribution in [3.63, 3.8) is 0 Å². The number of nitrogens with zero attached hydrogens (tertiary/aromatic N) is 2. The Morgan fingerprint density at radius 3 is 2.94 bits per heavy atom. The van der Waals surface area contributed by atoms with E-state index in [1.54, 1.807) is 6.07 Å².